The first-order chi connectivity index (χ1) is 7.62. The molecule has 1 atom stereocenters. The molecule has 0 aliphatic heterocycles. The van der Waals surface area contributed by atoms with Crippen LogP contribution in [0.4, 0.5) is 0 Å². The van der Waals surface area contributed by atoms with E-state index in [9.17, 15) is 5.11 Å². The van der Waals surface area contributed by atoms with Crippen molar-refractivity contribution in [1.82, 2.24) is 0 Å². The molecular weight excluding hydrogens is 196 g/mol. The predicted octanol–water partition coefficient (Wildman–Crippen LogP) is 5.07. The fourth-order valence-corrected chi connectivity index (χ4v) is 1.99. The Kier molecular flexibility index (Phi) is 10.1. The molecule has 0 amide bonds. The highest BCUT2D eigenvalue weighted by Gasteiger charge is 2.15. The second kappa shape index (κ2) is 10.1. The summed E-state index contributed by atoms with van der Waals surface area (Å²) >= 11 is 0. The molecule has 0 radical (unpaired) electrons. The van der Waals surface area contributed by atoms with Gasteiger partial charge in [0.25, 0.3) is 0 Å². The lowest BCUT2D eigenvalue weighted by atomic mass is 9.95. The lowest BCUT2D eigenvalue weighted by molar-refractivity contribution is 0.0442. The van der Waals surface area contributed by atoms with Gasteiger partial charge in [-0.25, -0.2) is 0 Å². The average molecular weight is 228 g/mol. The van der Waals surface area contributed by atoms with Gasteiger partial charge in [0.05, 0.1) is 5.60 Å². The number of rotatable bonds is 11. The van der Waals surface area contributed by atoms with Gasteiger partial charge in [-0.2, -0.15) is 0 Å². The summed E-state index contributed by atoms with van der Waals surface area (Å²) in [6.07, 6.45) is 14.1. The van der Waals surface area contributed by atoms with Gasteiger partial charge in [0.1, 0.15) is 0 Å². The Labute approximate surface area is 103 Å². The van der Waals surface area contributed by atoms with Crippen molar-refractivity contribution in [3.8, 4) is 0 Å². The zero-order valence-corrected chi connectivity index (χ0v) is 11.7. The molecule has 98 valence electrons. The van der Waals surface area contributed by atoms with Crippen molar-refractivity contribution in [3.63, 3.8) is 0 Å². The Morgan fingerprint density at radius 2 is 1.19 bits per heavy atom. The van der Waals surface area contributed by atoms with E-state index < -0.39 is 5.60 Å². The Bertz CT molecular complexity index is 140. The number of aliphatic hydroxyl groups is 1. The summed E-state index contributed by atoms with van der Waals surface area (Å²) in [6.45, 7) is 6.28. The van der Waals surface area contributed by atoms with Crippen molar-refractivity contribution in [2.24, 2.45) is 0 Å². The first-order valence-electron chi connectivity index (χ1n) is 7.34. The molecule has 1 unspecified atom stereocenters. The lowest BCUT2D eigenvalue weighted by Crippen LogP contribution is -2.22. The van der Waals surface area contributed by atoms with Gasteiger partial charge in [0.2, 0.25) is 0 Å². The fraction of sp³-hybridized carbons (Fsp3) is 1.00. The Morgan fingerprint density at radius 1 is 0.750 bits per heavy atom. The van der Waals surface area contributed by atoms with Crippen LogP contribution in [0.3, 0.4) is 0 Å². The van der Waals surface area contributed by atoms with Crippen molar-refractivity contribution in [1.29, 1.82) is 0 Å². The van der Waals surface area contributed by atoms with Gasteiger partial charge < -0.3 is 5.11 Å². The summed E-state index contributed by atoms with van der Waals surface area (Å²) in [5.74, 6) is 0. The first kappa shape index (κ1) is 16.0. The highest BCUT2D eigenvalue weighted by molar-refractivity contribution is 4.69. The van der Waals surface area contributed by atoms with E-state index >= 15 is 0 Å². The van der Waals surface area contributed by atoms with Gasteiger partial charge >= 0.3 is 0 Å². The molecule has 0 saturated carbocycles. The summed E-state index contributed by atoms with van der Waals surface area (Å²) in [4.78, 5) is 0. The Balaban J connectivity index is 3.10. The molecular formula is C15H32O. The standard InChI is InChI=1S/C15H32O/c1-4-6-7-8-9-10-11-12-13-14-15(3,16)5-2/h16H,4-14H2,1-3H3. The molecule has 0 aromatic heterocycles. The van der Waals surface area contributed by atoms with Gasteiger partial charge in [-0.15, -0.1) is 0 Å². The smallest absolute Gasteiger partial charge is 0.0617 e. The highest BCUT2D eigenvalue weighted by atomic mass is 16.3. The maximum Gasteiger partial charge on any atom is 0.0617 e. The normalized spacial score (nSPS) is 15.0. The second-order valence-corrected chi connectivity index (χ2v) is 5.43. The van der Waals surface area contributed by atoms with E-state index in [-0.39, 0.29) is 0 Å². The maximum absolute atomic E-state index is 9.82. The van der Waals surface area contributed by atoms with Crippen LogP contribution in [0, 0.1) is 0 Å². The lowest BCUT2D eigenvalue weighted by Gasteiger charge is -2.20. The summed E-state index contributed by atoms with van der Waals surface area (Å²) in [5.41, 5.74) is -0.416. The molecule has 0 spiro atoms. The molecule has 0 rings (SSSR count). The minimum absolute atomic E-state index is 0.416. The third-order valence-corrected chi connectivity index (χ3v) is 3.58. The van der Waals surface area contributed by atoms with Crippen molar-refractivity contribution >= 4 is 0 Å². The molecule has 1 N–H and O–H groups in total. The first-order valence-corrected chi connectivity index (χ1v) is 7.34. The third kappa shape index (κ3) is 10.5. The molecule has 1 heteroatoms. The largest absolute Gasteiger partial charge is 0.390 e. The minimum atomic E-state index is -0.416. The van der Waals surface area contributed by atoms with Crippen LogP contribution in [-0.2, 0) is 0 Å². The topological polar surface area (TPSA) is 20.2 Å². The highest BCUT2D eigenvalue weighted by Crippen LogP contribution is 2.18. The molecule has 0 fully saturated rings. The molecule has 0 aromatic carbocycles. The van der Waals surface area contributed by atoms with E-state index in [1.54, 1.807) is 0 Å². The summed E-state index contributed by atoms with van der Waals surface area (Å²) in [7, 11) is 0. The number of unbranched alkanes of at least 4 members (excludes halogenated alkanes) is 8. The van der Waals surface area contributed by atoms with Crippen molar-refractivity contribution in [2.45, 2.75) is 97.0 Å². The van der Waals surface area contributed by atoms with Gasteiger partial charge in [0, 0.05) is 0 Å². The summed E-state index contributed by atoms with van der Waals surface area (Å²) in [6, 6.07) is 0. The van der Waals surface area contributed by atoms with E-state index in [0.29, 0.717) is 0 Å². The number of hydrogen-bond donors (Lipinski definition) is 1. The van der Waals surface area contributed by atoms with Crippen molar-refractivity contribution in [3.05, 3.63) is 0 Å². The molecule has 0 bridgehead atoms. The monoisotopic (exact) mass is 228 g/mol. The number of hydrogen-bond acceptors (Lipinski definition) is 1. The fourth-order valence-electron chi connectivity index (χ4n) is 1.99. The molecule has 0 saturated heterocycles. The Hall–Kier alpha value is -0.0400. The van der Waals surface area contributed by atoms with E-state index in [4.69, 9.17) is 0 Å². The molecule has 1 nitrogen and oxygen atoms in total. The van der Waals surface area contributed by atoms with Crippen LogP contribution >= 0.6 is 0 Å². The van der Waals surface area contributed by atoms with E-state index in [1.165, 1.54) is 57.8 Å². The van der Waals surface area contributed by atoms with Crippen molar-refractivity contribution < 1.29 is 5.11 Å². The van der Waals surface area contributed by atoms with Gasteiger partial charge in [-0.1, -0.05) is 71.6 Å². The molecule has 0 aromatic rings. The van der Waals surface area contributed by atoms with Crippen LogP contribution in [0.1, 0.15) is 91.4 Å². The molecule has 0 heterocycles. The van der Waals surface area contributed by atoms with Crippen LogP contribution in [0.2, 0.25) is 0 Å². The van der Waals surface area contributed by atoms with E-state index in [2.05, 4.69) is 13.8 Å². The van der Waals surface area contributed by atoms with E-state index in [0.717, 1.165) is 12.8 Å². The molecule has 0 aliphatic carbocycles. The zero-order valence-electron chi connectivity index (χ0n) is 11.7. The van der Waals surface area contributed by atoms with Crippen LogP contribution in [0.25, 0.3) is 0 Å². The van der Waals surface area contributed by atoms with Crippen LogP contribution in [0.5, 0.6) is 0 Å². The second-order valence-electron chi connectivity index (χ2n) is 5.43. The van der Waals surface area contributed by atoms with Gasteiger partial charge in [-0.05, 0) is 19.8 Å². The van der Waals surface area contributed by atoms with Gasteiger partial charge in [-0.3, -0.25) is 0 Å². The zero-order chi connectivity index (χ0) is 12.3. The minimum Gasteiger partial charge on any atom is -0.390 e. The van der Waals surface area contributed by atoms with E-state index in [1.807, 2.05) is 6.92 Å². The summed E-state index contributed by atoms with van der Waals surface area (Å²) in [5, 5.41) is 9.82. The summed E-state index contributed by atoms with van der Waals surface area (Å²) < 4.78 is 0. The van der Waals surface area contributed by atoms with Crippen molar-refractivity contribution in [2.75, 3.05) is 0 Å². The molecule has 16 heavy (non-hydrogen) atoms. The van der Waals surface area contributed by atoms with Gasteiger partial charge in [0.15, 0.2) is 0 Å². The van der Waals surface area contributed by atoms with Crippen LogP contribution in [0.15, 0.2) is 0 Å². The predicted molar refractivity (Wildman–Crippen MR) is 72.8 cm³/mol. The average Bonchev–Trinajstić information content (AvgIpc) is 2.27. The maximum atomic E-state index is 9.82. The SMILES string of the molecule is CCCCCCCCCCCC(C)(O)CC. The van der Waals surface area contributed by atoms with Crippen LogP contribution in [-0.4, -0.2) is 10.7 Å². The van der Waals surface area contributed by atoms with Crippen LogP contribution < -0.4 is 0 Å². The third-order valence-electron chi connectivity index (χ3n) is 3.58. The molecule has 0 aliphatic rings. The quantitative estimate of drug-likeness (QED) is 0.490. The Morgan fingerprint density at radius 3 is 1.62 bits per heavy atom.